The normalized spacial score (nSPS) is 8.93. The molecule has 2 nitrogen and oxygen atoms in total. The van der Waals surface area contributed by atoms with Crippen molar-refractivity contribution in [1.29, 1.82) is 0 Å². The summed E-state index contributed by atoms with van der Waals surface area (Å²) in [6.07, 6.45) is 3.60. The minimum atomic E-state index is 0.329. The molecule has 15 heavy (non-hydrogen) atoms. The molecule has 78 valence electrons. The number of nitrogens with zero attached hydrogens (tertiary/aromatic N) is 1. The quantitative estimate of drug-likeness (QED) is 0.710. The zero-order valence-electron chi connectivity index (χ0n) is 9.01. The molecule has 1 heterocycles. The Morgan fingerprint density at radius 1 is 0.933 bits per heavy atom. The van der Waals surface area contributed by atoms with Crippen LogP contribution in [-0.2, 0) is 0 Å². The van der Waals surface area contributed by atoms with Crippen molar-refractivity contribution in [3.8, 4) is 5.75 Å². The highest BCUT2D eigenvalue weighted by Gasteiger charge is 1.82. The Balaban J connectivity index is 0.000000151. The number of aromatic nitrogens is 1. The number of phenolic OH excluding ortho intramolecular Hbond substituents is 1. The van der Waals surface area contributed by atoms with E-state index in [9.17, 15) is 0 Å². The molecule has 1 N–H and O–H groups in total. The summed E-state index contributed by atoms with van der Waals surface area (Å²) in [6, 6.07) is 11.0. The third-order valence-electron chi connectivity index (χ3n) is 1.84. The van der Waals surface area contributed by atoms with Gasteiger partial charge in [-0.15, -0.1) is 0 Å². The second kappa shape index (κ2) is 5.81. The van der Waals surface area contributed by atoms with Crippen LogP contribution in [0.1, 0.15) is 11.1 Å². The van der Waals surface area contributed by atoms with E-state index in [-0.39, 0.29) is 0 Å². The van der Waals surface area contributed by atoms with E-state index in [1.807, 2.05) is 44.3 Å². The Morgan fingerprint density at radius 2 is 1.60 bits per heavy atom. The first-order chi connectivity index (χ1) is 7.18. The average molecular weight is 201 g/mol. The minimum absolute atomic E-state index is 0.329. The summed E-state index contributed by atoms with van der Waals surface area (Å²) in [4.78, 5) is 3.88. The van der Waals surface area contributed by atoms with Crippen molar-refractivity contribution in [2.75, 3.05) is 0 Å². The van der Waals surface area contributed by atoms with Gasteiger partial charge < -0.3 is 5.11 Å². The second-order valence-corrected chi connectivity index (χ2v) is 3.37. The zero-order valence-corrected chi connectivity index (χ0v) is 9.01. The lowest BCUT2D eigenvalue weighted by Crippen LogP contribution is -1.69. The van der Waals surface area contributed by atoms with Gasteiger partial charge in [0, 0.05) is 12.4 Å². The lowest BCUT2D eigenvalue weighted by Gasteiger charge is -1.89. The highest BCUT2D eigenvalue weighted by molar-refractivity contribution is 5.24. The Labute approximate surface area is 90.2 Å². The van der Waals surface area contributed by atoms with Crippen molar-refractivity contribution in [3.05, 3.63) is 59.9 Å². The SMILES string of the molecule is Cc1ccc(O)cc1.Cc1cccnc1. The Kier molecular flexibility index (Phi) is 4.35. The second-order valence-electron chi connectivity index (χ2n) is 3.37. The summed E-state index contributed by atoms with van der Waals surface area (Å²) in [5.74, 6) is 0.329. The Bertz CT molecular complexity index is 360. The maximum absolute atomic E-state index is 8.76. The average Bonchev–Trinajstić information content (AvgIpc) is 2.25. The lowest BCUT2D eigenvalue weighted by atomic mass is 10.2. The predicted octanol–water partition coefficient (Wildman–Crippen LogP) is 3.09. The van der Waals surface area contributed by atoms with Crippen LogP contribution in [0, 0.1) is 13.8 Å². The molecule has 0 saturated heterocycles. The van der Waals surface area contributed by atoms with E-state index in [2.05, 4.69) is 4.98 Å². The van der Waals surface area contributed by atoms with Crippen LogP contribution >= 0.6 is 0 Å². The summed E-state index contributed by atoms with van der Waals surface area (Å²) in [7, 11) is 0. The minimum Gasteiger partial charge on any atom is -0.508 e. The summed E-state index contributed by atoms with van der Waals surface area (Å²) in [5, 5.41) is 8.76. The van der Waals surface area contributed by atoms with E-state index in [0.29, 0.717) is 5.75 Å². The fourth-order valence-electron chi connectivity index (χ4n) is 0.993. The fraction of sp³-hybridized carbons (Fsp3) is 0.154. The number of hydrogen-bond donors (Lipinski definition) is 1. The number of aromatic hydroxyl groups is 1. The van der Waals surface area contributed by atoms with E-state index < -0.39 is 0 Å². The van der Waals surface area contributed by atoms with Gasteiger partial charge in [0.2, 0.25) is 0 Å². The highest BCUT2D eigenvalue weighted by atomic mass is 16.3. The number of rotatable bonds is 0. The summed E-state index contributed by atoms with van der Waals surface area (Å²) >= 11 is 0. The van der Waals surface area contributed by atoms with Gasteiger partial charge >= 0.3 is 0 Å². The van der Waals surface area contributed by atoms with Crippen LogP contribution in [-0.4, -0.2) is 10.1 Å². The molecule has 0 radical (unpaired) electrons. The molecule has 0 aliphatic rings. The standard InChI is InChI=1S/C7H8O.C6H7N/c1-6-2-4-7(8)5-3-6;1-6-3-2-4-7-5-6/h2-5,8H,1H3;2-5H,1H3. The van der Waals surface area contributed by atoms with Crippen molar-refractivity contribution >= 4 is 0 Å². The van der Waals surface area contributed by atoms with E-state index in [0.717, 1.165) is 0 Å². The smallest absolute Gasteiger partial charge is 0.115 e. The van der Waals surface area contributed by atoms with E-state index in [4.69, 9.17) is 5.11 Å². The molecular weight excluding hydrogens is 186 g/mol. The topological polar surface area (TPSA) is 33.1 Å². The fourth-order valence-corrected chi connectivity index (χ4v) is 0.993. The molecule has 0 bridgehead atoms. The Morgan fingerprint density at radius 3 is 1.93 bits per heavy atom. The van der Waals surface area contributed by atoms with Crippen LogP contribution in [0.25, 0.3) is 0 Å². The molecule has 0 spiro atoms. The number of pyridine rings is 1. The van der Waals surface area contributed by atoms with Gasteiger partial charge in [0.25, 0.3) is 0 Å². The number of aryl methyl sites for hydroxylation is 2. The van der Waals surface area contributed by atoms with Crippen LogP contribution in [0.3, 0.4) is 0 Å². The van der Waals surface area contributed by atoms with Crippen LogP contribution in [0.15, 0.2) is 48.8 Å². The molecule has 2 rings (SSSR count). The molecule has 0 aliphatic carbocycles. The molecule has 0 saturated carbocycles. The van der Waals surface area contributed by atoms with Gasteiger partial charge in [-0.2, -0.15) is 0 Å². The molecule has 0 aliphatic heterocycles. The Hall–Kier alpha value is -1.83. The van der Waals surface area contributed by atoms with Crippen LogP contribution in [0.2, 0.25) is 0 Å². The highest BCUT2D eigenvalue weighted by Crippen LogP contribution is 2.07. The first kappa shape index (κ1) is 11.2. The molecule has 1 aromatic heterocycles. The zero-order chi connectivity index (χ0) is 11.1. The van der Waals surface area contributed by atoms with Gasteiger partial charge in [0.1, 0.15) is 5.75 Å². The first-order valence-corrected chi connectivity index (χ1v) is 4.81. The monoisotopic (exact) mass is 201 g/mol. The summed E-state index contributed by atoms with van der Waals surface area (Å²) in [5.41, 5.74) is 2.38. The summed E-state index contributed by atoms with van der Waals surface area (Å²) in [6.45, 7) is 4.01. The molecule has 0 unspecified atom stereocenters. The van der Waals surface area contributed by atoms with Crippen LogP contribution < -0.4 is 0 Å². The van der Waals surface area contributed by atoms with Gasteiger partial charge in [-0.3, -0.25) is 4.98 Å². The van der Waals surface area contributed by atoms with E-state index in [1.165, 1.54) is 11.1 Å². The van der Waals surface area contributed by atoms with Crippen molar-refractivity contribution < 1.29 is 5.11 Å². The third-order valence-corrected chi connectivity index (χ3v) is 1.84. The molecular formula is C13H15NO. The predicted molar refractivity (Wildman–Crippen MR) is 61.8 cm³/mol. The molecule has 2 aromatic rings. The largest absolute Gasteiger partial charge is 0.508 e. The van der Waals surface area contributed by atoms with Gasteiger partial charge in [0.05, 0.1) is 0 Å². The van der Waals surface area contributed by atoms with Gasteiger partial charge in [0.15, 0.2) is 0 Å². The van der Waals surface area contributed by atoms with Gasteiger partial charge in [-0.25, -0.2) is 0 Å². The van der Waals surface area contributed by atoms with Crippen LogP contribution in [0.5, 0.6) is 5.75 Å². The molecule has 0 atom stereocenters. The van der Waals surface area contributed by atoms with Crippen molar-refractivity contribution in [2.24, 2.45) is 0 Å². The number of benzene rings is 1. The van der Waals surface area contributed by atoms with Crippen molar-refractivity contribution in [1.82, 2.24) is 4.98 Å². The van der Waals surface area contributed by atoms with Gasteiger partial charge in [-0.1, -0.05) is 23.8 Å². The maximum Gasteiger partial charge on any atom is 0.115 e. The maximum atomic E-state index is 8.76. The third kappa shape index (κ3) is 4.81. The first-order valence-electron chi connectivity index (χ1n) is 4.81. The summed E-state index contributed by atoms with van der Waals surface area (Å²) < 4.78 is 0. The molecule has 2 heteroatoms. The van der Waals surface area contributed by atoms with Crippen molar-refractivity contribution in [3.63, 3.8) is 0 Å². The van der Waals surface area contributed by atoms with E-state index in [1.54, 1.807) is 18.3 Å². The number of phenols is 1. The van der Waals surface area contributed by atoms with Gasteiger partial charge in [-0.05, 0) is 37.6 Å². The molecule has 0 fully saturated rings. The lowest BCUT2D eigenvalue weighted by molar-refractivity contribution is 0.475. The van der Waals surface area contributed by atoms with Crippen LogP contribution in [0.4, 0.5) is 0 Å². The molecule has 0 amide bonds. The van der Waals surface area contributed by atoms with E-state index >= 15 is 0 Å². The van der Waals surface area contributed by atoms with Crippen molar-refractivity contribution in [2.45, 2.75) is 13.8 Å². The molecule has 1 aromatic carbocycles. The number of hydrogen-bond acceptors (Lipinski definition) is 2.